The van der Waals surface area contributed by atoms with Crippen LogP contribution in [0.5, 0.6) is 5.75 Å². The zero-order valence-electron chi connectivity index (χ0n) is 22.0. The second kappa shape index (κ2) is 9.31. The molecule has 4 saturated carbocycles. The molecule has 4 aromatic rings. The van der Waals surface area contributed by atoms with Crippen LogP contribution in [0, 0.1) is 17.8 Å². The van der Waals surface area contributed by atoms with E-state index in [0.29, 0.717) is 12.2 Å². The normalized spacial score (nSPS) is 25.4. The Kier molecular flexibility index (Phi) is 5.76. The zero-order chi connectivity index (χ0) is 25.7. The van der Waals surface area contributed by atoms with Gasteiger partial charge in [0.15, 0.2) is 0 Å². The summed E-state index contributed by atoms with van der Waals surface area (Å²) in [6, 6.07) is 29.5. The van der Waals surface area contributed by atoms with Gasteiger partial charge in [0.1, 0.15) is 12.4 Å². The van der Waals surface area contributed by atoms with Gasteiger partial charge in [0.2, 0.25) is 0 Å². The SMILES string of the molecule is COC(=O)c1ccc(-c2cccc3cc(OCc4ccccc4)c(C45CC6CC(CC(C6)C4)C5)cc23)cc1. The van der Waals surface area contributed by atoms with E-state index in [0.717, 1.165) is 29.1 Å². The predicted molar refractivity (Wildman–Crippen MR) is 151 cm³/mol. The van der Waals surface area contributed by atoms with Gasteiger partial charge >= 0.3 is 5.97 Å². The van der Waals surface area contributed by atoms with E-state index in [4.69, 9.17) is 9.47 Å². The first kappa shape index (κ1) is 23.5. The highest BCUT2D eigenvalue weighted by Crippen LogP contribution is 2.62. The molecule has 4 bridgehead atoms. The molecule has 0 amide bonds. The fraction of sp³-hybridized carbons (Fsp3) is 0.343. The van der Waals surface area contributed by atoms with Gasteiger partial charge in [-0.1, -0.05) is 60.7 Å². The Bertz CT molecular complexity index is 1450. The van der Waals surface area contributed by atoms with Crippen LogP contribution in [0.1, 0.15) is 60.0 Å². The Labute approximate surface area is 224 Å². The van der Waals surface area contributed by atoms with Crippen LogP contribution >= 0.6 is 0 Å². The molecule has 0 aliphatic heterocycles. The minimum Gasteiger partial charge on any atom is -0.489 e. The van der Waals surface area contributed by atoms with Crippen molar-refractivity contribution in [1.29, 1.82) is 0 Å². The first-order chi connectivity index (χ1) is 18.6. The maximum atomic E-state index is 12.0. The van der Waals surface area contributed by atoms with Crippen molar-refractivity contribution in [3.8, 4) is 16.9 Å². The van der Waals surface area contributed by atoms with Gasteiger partial charge in [0, 0.05) is 5.56 Å². The number of benzene rings is 4. The van der Waals surface area contributed by atoms with Crippen LogP contribution < -0.4 is 4.74 Å². The minimum absolute atomic E-state index is 0.219. The summed E-state index contributed by atoms with van der Waals surface area (Å²) in [5.74, 6) is 3.33. The van der Waals surface area contributed by atoms with Crippen LogP contribution in [0.4, 0.5) is 0 Å². The van der Waals surface area contributed by atoms with E-state index >= 15 is 0 Å². The molecule has 0 aromatic heterocycles. The summed E-state index contributed by atoms with van der Waals surface area (Å²) in [5, 5.41) is 2.45. The van der Waals surface area contributed by atoms with Crippen molar-refractivity contribution in [3.05, 3.63) is 102 Å². The number of rotatable bonds is 6. The largest absolute Gasteiger partial charge is 0.489 e. The van der Waals surface area contributed by atoms with E-state index in [-0.39, 0.29) is 11.4 Å². The Morgan fingerprint density at radius 1 is 0.816 bits per heavy atom. The fourth-order valence-electron chi connectivity index (χ4n) is 8.17. The lowest BCUT2D eigenvalue weighted by atomic mass is 9.48. The van der Waals surface area contributed by atoms with Crippen molar-refractivity contribution in [2.45, 2.75) is 50.5 Å². The van der Waals surface area contributed by atoms with Gasteiger partial charge in [-0.3, -0.25) is 0 Å². The van der Waals surface area contributed by atoms with Gasteiger partial charge in [-0.15, -0.1) is 0 Å². The molecule has 192 valence electrons. The molecule has 38 heavy (non-hydrogen) atoms. The van der Waals surface area contributed by atoms with Crippen LogP contribution in [0.2, 0.25) is 0 Å². The molecule has 4 aliphatic carbocycles. The maximum absolute atomic E-state index is 12.0. The Balaban J connectivity index is 1.35. The highest BCUT2D eigenvalue weighted by atomic mass is 16.5. The molecule has 4 aromatic carbocycles. The van der Waals surface area contributed by atoms with Crippen molar-refractivity contribution in [1.82, 2.24) is 0 Å². The van der Waals surface area contributed by atoms with Crippen LogP contribution in [-0.2, 0) is 16.8 Å². The number of hydrogen-bond donors (Lipinski definition) is 0. The van der Waals surface area contributed by atoms with Gasteiger partial charge in [0.05, 0.1) is 12.7 Å². The Morgan fingerprint density at radius 2 is 1.50 bits per heavy atom. The monoisotopic (exact) mass is 502 g/mol. The molecule has 0 heterocycles. The third-order valence-corrected chi connectivity index (χ3v) is 9.44. The molecule has 8 rings (SSSR count). The third kappa shape index (κ3) is 4.09. The molecule has 0 N–H and O–H groups in total. The number of carbonyl (C=O) groups excluding carboxylic acids is 1. The van der Waals surface area contributed by atoms with Crippen molar-refractivity contribution in [2.24, 2.45) is 17.8 Å². The number of fused-ring (bicyclic) bond motifs is 1. The third-order valence-electron chi connectivity index (χ3n) is 9.44. The molecular weight excluding hydrogens is 468 g/mol. The Hall–Kier alpha value is -3.59. The summed E-state index contributed by atoms with van der Waals surface area (Å²) in [5.41, 5.74) is 5.71. The van der Waals surface area contributed by atoms with E-state index in [9.17, 15) is 4.79 Å². The highest BCUT2D eigenvalue weighted by molar-refractivity contribution is 5.99. The zero-order valence-corrected chi connectivity index (χ0v) is 22.0. The van der Waals surface area contributed by atoms with Gasteiger partial charge in [0.25, 0.3) is 0 Å². The van der Waals surface area contributed by atoms with Crippen molar-refractivity contribution in [3.63, 3.8) is 0 Å². The molecule has 0 saturated heterocycles. The molecular formula is C35H34O3. The smallest absolute Gasteiger partial charge is 0.337 e. The number of methoxy groups -OCH3 is 1. The lowest BCUT2D eigenvalue weighted by molar-refractivity contribution is -0.00640. The van der Waals surface area contributed by atoms with Crippen LogP contribution in [0.3, 0.4) is 0 Å². The van der Waals surface area contributed by atoms with Gasteiger partial charge < -0.3 is 9.47 Å². The standard InChI is InChI=1S/C35H34O3/c1-37-34(36)28-12-10-27(11-13-28)30-9-5-8-29-17-33(38-22-23-6-3-2-4-7-23)32(18-31(29)30)35-19-24-14-25(20-35)16-26(15-24)21-35/h2-13,17-18,24-26H,14-16,19-22H2,1H3. The minimum atomic E-state index is -0.307. The highest BCUT2D eigenvalue weighted by Gasteiger charge is 2.52. The molecule has 0 spiro atoms. The number of carbonyl (C=O) groups is 1. The van der Waals surface area contributed by atoms with Gasteiger partial charge in [-0.2, -0.15) is 0 Å². The number of ether oxygens (including phenoxy) is 2. The molecule has 3 heteroatoms. The molecule has 4 aliphatic rings. The van der Waals surface area contributed by atoms with Crippen LogP contribution in [0.15, 0.2) is 84.9 Å². The molecule has 0 atom stereocenters. The summed E-state index contributed by atoms with van der Waals surface area (Å²) >= 11 is 0. The summed E-state index contributed by atoms with van der Waals surface area (Å²) in [7, 11) is 1.42. The summed E-state index contributed by atoms with van der Waals surface area (Å²) in [6.45, 7) is 0.584. The molecule has 4 fully saturated rings. The summed E-state index contributed by atoms with van der Waals surface area (Å²) in [6.07, 6.45) is 8.15. The Morgan fingerprint density at radius 3 is 2.16 bits per heavy atom. The van der Waals surface area contributed by atoms with Crippen LogP contribution in [-0.4, -0.2) is 13.1 Å². The quantitative estimate of drug-likeness (QED) is 0.249. The topological polar surface area (TPSA) is 35.5 Å². The average molecular weight is 503 g/mol. The van der Waals surface area contributed by atoms with Crippen molar-refractivity contribution in [2.75, 3.05) is 7.11 Å². The van der Waals surface area contributed by atoms with E-state index < -0.39 is 0 Å². The average Bonchev–Trinajstić information content (AvgIpc) is 2.95. The lowest BCUT2D eigenvalue weighted by Crippen LogP contribution is -2.48. The second-order valence-electron chi connectivity index (χ2n) is 11.9. The number of esters is 1. The molecule has 0 unspecified atom stereocenters. The summed E-state index contributed by atoms with van der Waals surface area (Å²) in [4.78, 5) is 12.0. The first-order valence-electron chi connectivity index (χ1n) is 14.0. The second-order valence-corrected chi connectivity index (χ2v) is 11.9. The number of hydrogen-bond acceptors (Lipinski definition) is 3. The lowest BCUT2D eigenvalue weighted by Gasteiger charge is -2.57. The van der Waals surface area contributed by atoms with E-state index in [1.54, 1.807) is 0 Å². The predicted octanol–water partition coefficient (Wildman–Crippen LogP) is 8.34. The molecule has 3 nitrogen and oxygen atoms in total. The van der Waals surface area contributed by atoms with Crippen molar-refractivity contribution < 1.29 is 14.3 Å². The first-order valence-corrected chi connectivity index (χ1v) is 14.0. The fourth-order valence-corrected chi connectivity index (χ4v) is 8.17. The summed E-state index contributed by atoms with van der Waals surface area (Å²) < 4.78 is 11.6. The van der Waals surface area contributed by atoms with E-state index in [1.807, 2.05) is 24.3 Å². The van der Waals surface area contributed by atoms with E-state index in [2.05, 4.69) is 60.7 Å². The van der Waals surface area contributed by atoms with Crippen LogP contribution in [0.25, 0.3) is 21.9 Å². The van der Waals surface area contributed by atoms with Crippen molar-refractivity contribution >= 4 is 16.7 Å². The van der Waals surface area contributed by atoms with Gasteiger partial charge in [-0.05, 0) is 113 Å². The maximum Gasteiger partial charge on any atom is 0.337 e. The van der Waals surface area contributed by atoms with Gasteiger partial charge in [-0.25, -0.2) is 4.79 Å². The van der Waals surface area contributed by atoms with E-state index in [1.165, 1.54) is 73.1 Å². The molecule has 0 radical (unpaired) electrons.